The number of ether oxygens (including phenoxy) is 3. The van der Waals surface area contributed by atoms with E-state index in [0.29, 0.717) is 49.5 Å². The summed E-state index contributed by atoms with van der Waals surface area (Å²) in [6.07, 6.45) is 0.691. The third kappa shape index (κ3) is 7.41. The van der Waals surface area contributed by atoms with Gasteiger partial charge in [0.15, 0.2) is 0 Å². The Morgan fingerprint density at radius 2 is 1.69 bits per heavy atom. The topological polar surface area (TPSA) is 92.1 Å². The molecule has 0 atom stereocenters. The number of anilines is 1. The van der Waals surface area contributed by atoms with Gasteiger partial charge < -0.3 is 19.1 Å². The van der Waals surface area contributed by atoms with Crippen LogP contribution in [0.15, 0.2) is 60.7 Å². The van der Waals surface area contributed by atoms with Crippen molar-refractivity contribution in [1.82, 2.24) is 4.90 Å². The van der Waals surface area contributed by atoms with Crippen LogP contribution in [0.3, 0.4) is 0 Å². The van der Waals surface area contributed by atoms with Crippen molar-refractivity contribution in [3.8, 4) is 11.8 Å². The van der Waals surface area contributed by atoms with Crippen molar-refractivity contribution in [2.75, 3.05) is 24.6 Å². The highest BCUT2D eigenvalue weighted by atomic mass is 16.6. The van der Waals surface area contributed by atoms with E-state index in [2.05, 4.69) is 6.07 Å². The highest BCUT2D eigenvalue weighted by Gasteiger charge is 2.27. The van der Waals surface area contributed by atoms with E-state index in [1.165, 1.54) is 0 Å². The second-order valence-electron chi connectivity index (χ2n) is 10.6. The summed E-state index contributed by atoms with van der Waals surface area (Å²) in [5.74, 6) is 0.702. The first-order valence-electron chi connectivity index (χ1n) is 13.3. The molecule has 0 aromatic heterocycles. The SMILES string of the molecule is CCOC(=O)N(Cc1ccc2ccc(C#N)cc2c1)c1ccc(OC2CCN(C(=O)OC(C)(C)C)CC2)cc1. The van der Waals surface area contributed by atoms with Gasteiger partial charge in [0.1, 0.15) is 17.5 Å². The molecule has 1 fully saturated rings. The molecular formula is C31H35N3O5. The van der Waals surface area contributed by atoms with Crippen molar-refractivity contribution < 1.29 is 23.8 Å². The van der Waals surface area contributed by atoms with Crippen molar-refractivity contribution in [3.63, 3.8) is 0 Å². The minimum absolute atomic E-state index is 0.00778. The van der Waals surface area contributed by atoms with Crippen LogP contribution in [0.5, 0.6) is 5.75 Å². The van der Waals surface area contributed by atoms with Crippen molar-refractivity contribution >= 4 is 28.6 Å². The average molecular weight is 530 g/mol. The van der Waals surface area contributed by atoms with Crippen LogP contribution in [0, 0.1) is 11.3 Å². The van der Waals surface area contributed by atoms with Crippen molar-refractivity contribution in [2.24, 2.45) is 0 Å². The molecule has 1 aliphatic heterocycles. The van der Waals surface area contributed by atoms with Crippen LogP contribution in [-0.4, -0.2) is 48.5 Å². The molecule has 2 amide bonds. The van der Waals surface area contributed by atoms with Gasteiger partial charge in [-0.25, -0.2) is 9.59 Å². The van der Waals surface area contributed by atoms with E-state index in [0.717, 1.165) is 16.3 Å². The molecule has 0 aliphatic carbocycles. The molecule has 0 saturated carbocycles. The van der Waals surface area contributed by atoms with E-state index >= 15 is 0 Å². The Kier molecular flexibility index (Phi) is 8.60. The first kappa shape index (κ1) is 27.8. The van der Waals surface area contributed by atoms with Crippen LogP contribution in [0.4, 0.5) is 15.3 Å². The summed E-state index contributed by atoms with van der Waals surface area (Å²) in [7, 11) is 0. The number of rotatable bonds is 6. The molecule has 0 radical (unpaired) electrons. The zero-order valence-corrected chi connectivity index (χ0v) is 23.0. The molecule has 0 bridgehead atoms. The Hall–Kier alpha value is -4.25. The second kappa shape index (κ2) is 12.1. The fraction of sp³-hybridized carbons (Fsp3) is 0.387. The van der Waals surface area contributed by atoms with Crippen LogP contribution in [-0.2, 0) is 16.0 Å². The summed E-state index contributed by atoms with van der Waals surface area (Å²) < 4.78 is 17.0. The number of amides is 2. The average Bonchev–Trinajstić information content (AvgIpc) is 2.91. The van der Waals surface area contributed by atoms with Crippen LogP contribution in [0.1, 0.15) is 51.7 Å². The van der Waals surface area contributed by atoms with Gasteiger partial charge in [0, 0.05) is 31.6 Å². The number of carbonyl (C=O) groups excluding carboxylic acids is 2. The Morgan fingerprint density at radius 3 is 2.33 bits per heavy atom. The molecule has 1 saturated heterocycles. The van der Waals surface area contributed by atoms with Crippen LogP contribution in [0.25, 0.3) is 10.8 Å². The Morgan fingerprint density at radius 1 is 1.00 bits per heavy atom. The van der Waals surface area contributed by atoms with Gasteiger partial charge in [-0.15, -0.1) is 0 Å². The zero-order chi connectivity index (χ0) is 28.0. The lowest BCUT2D eigenvalue weighted by molar-refractivity contribution is 0.0126. The lowest BCUT2D eigenvalue weighted by atomic mass is 10.0. The molecule has 0 spiro atoms. The Bertz CT molecular complexity index is 1350. The smallest absolute Gasteiger partial charge is 0.414 e. The molecule has 39 heavy (non-hydrogen) atoms. The molecule has 8 heteroatoms. The van der Waals surface area contributed by atoms with Gasteiger partial charge >= 0.3 is 12.2 Å². The lowest BCUT2D eigenvalue weighted by Gasteiger charge is -2.33. The highest BCUT2D eigenvalue weighted by molar-refractivity contribution is 5.88. The summed E-state index contributed by atoms with van der Waals surface area (Å²) in [4.78, 5) is 28.5. The molecule has 1 heterocycles. The number of nitrogens with zero attached hydrogens (tertiary/aromatic N) is 3. The number of carbonyl (C=O) groups is 2. The standard InChI is InChI=1S/C31H35N3O5/c1-5-37-30(36)34(21-23-7-9-24-8-6-22(20-32)18-25(24)19-23)26-10-12-27(13-11-26)38-28-14-16-33(17-15-28)29(35)39-31(2,3)4/h6-13,18-19,28H,5,14-17,21H2,1-4H3. The number of hydrogen-bond donors (Lipinski definition) is 0. The fourth-order valence-electron chi connectivity index (χ4n) is 4.49. The summed E-state index contributed by atoms with van der Waals surface area (Å²) >= 11 is 0. The Labute approximate surface area is 229 Å². The first-order chi connectivity index (χ1) is 18.6. The highest BCUT2D eigenvalue weighted by Crippen LogP contribution is 2.26. The summed E-state index contributed by atoms with van der Waals surface area (Å²) in [5.41, 5.74) is 1.68. The third-order valence-electron chi connectivity index (χ3n) is 6.41. The van der Waals surface area contributed by atoms with Crippen molar-refractivity contribution in [3.05, 3.63) is 71.8 Å². The van der Waals surface area contributed by atoms with Gasteiger partial charge in [0.2, 0.25) is 0 Å². The number of benzene rings is 3. The summed E-state index contributed by atoms with van der Waals surface area (Å²) in [6, 6.07) is 21.1. The normalized spacial score (nSPS) is 14.0. The number of nitriles is 1. The van der Waals surface area contributed by atoms with Gasteiger partial charge in [-0.3, -0.25) is 4.90 Å². The molecule has 0 unspecified atom stereocenters. The summed E-state index contributed by atoms with van der Waals surface area (Å²) in [5, 5.41) is 11.2. The first-order valence-corrected chi connectivity index (χ1v) is 13.3. The number of fused-ring (bicyclic) bond motifs is 1. The monoisotopic (exact) mass is 529 g/mol. The second-order valence-corrected chi connectivity index (χ2v) is 10.6. The van der Waals surface area contributed by atoms with Crippen LogP contribution >= 0.6 is 0 Å². The van der Waals surface area contributed by atoms with E-state index in [-0.39, 0.29) is 18.8 Å². The number of hydrogen-bond acceptors (Lipinski definition) is 6. The van der Waals surface area contributed by atoms with Crippen molar-refractivity contribution in [2.45, 2.75) is 58.8 Å². The lowest BCUT2D eigenvalue weighted by Crippen LogP contribution is -2.44. The number of likely N-dealkylation sites (tertiary alicyclic amines) is 1. The van der Waals surface area contributed by atoms with Crippen molar-refractivity contribution in [1.29, 1.82) is 5.26 Å². The minimum Gasteiger partial charge on any atom is -0.490 e. The Balaban J connectivity index is 1.42. The molecule has 4 rings (SSSR count). The molecule has 8 nitrogen and oxygen atoms in total. The molecule has 204 valence electrons. The predicted molar refractivity (Wildman–Crippen MR) is 150 cm³/mol. The molecule has 3 aromatic rings. The number of piperidine rings is 1. The van der Waals surface area contributed by atoms with Crippen LogP contribution in [0.2, 0.25) is 0 Å². The van der Waals surface area contributed by atoms with E-state index < -0.39 is 11.7 Å². The minimum atomic E-state index is -0.515. The van der Waals surface area contributed by atoms with Gasteiger partial charge in [-0.1, -0.05) is 18.2 Å². The maximum atomic E-state index is 12.9. The van der Waals surface area contributed by atoms with Gasteiger partial charge in [-0.05, 0) is 86.5 Å². The van der Waals surface area contributed by atoms with E-state index in [4.69, 9.17) is 14.2 Å². The van der Waals surface area contributed by atoms with Gasteiger partial charge in [0.05, 0.1) is 24.8 Å². The molecule has 0 N–H and O–H groups in total. The quantitative estimate of drug-likeness (QED) is 0.355. The maximum Gasteiger partial charge on any atom is 0.414 e. The van der Waals surface area contributed by atoms with E-state index in [1.54, 1.807) is 22.8 Å². The zero-order valence-electron chi connectivity index (χ0n) is 23.0. The fourth-order valence-corrected chi connectivity index (χ4v) is 4.49. The van der Waals surface area contributed by atoms with Crippen LogP contribution < -0.4 is 9.64 Å². The predicted octanol–water partition coefficient (Wildman–Crippen LogP) is 6.65. The van der Waals surface area contributed by atoms with E-state index in [1.807, 2.05) is 75.4 Å². The van der Waals surface area contributed by atoms with E-state index in [9.17, 15) is 14.9 Å². The third-order valence-corrected chi connectivity index (χ3v) is 6.41. The molecule has 1 aliphatic rings. The largest absolute Gasteiger partial charge is 0.490 e. The molecule has 3 aromatic carbocycles. The summed E-state index contributed by atoms with van der Waals surface area (Å²) in [6.45, 7) is 9.10. The molecular weight excluding hydrogens is 494 g/mol. The maximum absolute atomic E-state index is 12.9. The van der Waals surface area contributed by atoms with Gasteiger partial charge in [-0.2, -0.15) is 5.26 Å². The van der Waals surface area contributed by atoms with Gasteiger partial charge in [0.25, 0.3) is 0 Å².